The van der Waals surface area contributed by atoms with Crippen molar-refractivity contribution >= 4 is 39.2 Å². The van der Waals surface area contributed by atoms with Gasteiger partial charge in [0.05, 0.1) is 49.3 Å². The van der Waals surface area contributed by atoms with E-state index in [1.807, 2.05) is 17.0 Å². The molecule has 198 valence electrons. The highest BCUT2D eigenvalue weighted by molar-refractivity contribution is 7.19. The number of aliphatic hydroxyl groups excluding tert-OH is 1. The van der Waals surface area contributed by atoms with Gasteiger partial charge in [-0.2, -0.15) is 0 Å². The Balaban J connectivity index is 1.50. The average Bonchev–Trinajstić information content (AvgIpc) is 3.39. The zero-order valence-electron chi connectivity index (χ0n) is 20.6. The van der Waals surface area contributed by atoms with E-state index in [-0.39, 0.29) is 18.7 Å². The van der Waals surface area contributed by atoms with Crippen LogP contribution < -0.4 is 20.0 Å². The minimum atomic E-state index is -0.702. The van der Waals surface area contributed by atoms with E-state index in [0.717, 1.165) is 39.6 Å². The number of nitrogens with zero attached hydrogens (tertiary/aromatic N) is 7. The number of carbonyl (C=O) groups excluding carboxylic acids is 1. The molecule has 4 aromatic heterocycles. The molecule has 0 spiro atoms. The maximum absolute atomic E-state index is 11.6. The Hall–Kier alpha value is -3.98. The number of hydrogen-bond donors (Lipinski definition) is 3. The Morgan fingerprint density at radius 1 is 1.18 bits per heavy atom. The van der Waals surface area contributed by atoms with Crippen LogP contribution in [0.5, 0.6) is 5.88 Å². The van der Waals surface area contributed by atoms with E-state index in [4.69, 9.17) is 24.6 Å². The first kappa shape index (κ1) is 25.7. The predicted molar refractivity (Wildman–Crippen MR) is 140 cm³/mol. The van der Waals surface area contributed by atoms with Gasteiger partial charge in [-0.1, -0.05) is 0 Å². The number of thiophene rings is 1. The summed E-state index contributed by atoms with van der Waals surface area (Å²) in [7, 11) is 1.57. The van der Waals surface area contributed by atoms with Crippen molar-refractivity contribution in [2.45, 2.75) is 6.54 Å². The lowest BCUT2D eigenvalue weighted by molar-refractivity contribution is 0.0705. The van der Waals surface area contributed by atoms with E-state index >= 15 is 0 Å². The van der Waals surface area contributed by atoms with Gasteiger partial charge in [-0.05, 0) is 12.1 Å². The number of pyridine rings is 1. The van der Waals surface area contributed by atoms with Gasteiger partial charge >= 0.3 is 0 Å². The van der Waals surface area contributed by atoms with Crippen molar-refractivity contribution in [3.05, 3.63) is 47.2 Å². The summed E-state index contributed by atoms with van der Waals surface area (Å²) in [5, 5.41) is 18.5. The molecule has 0 saturated carbocycles. The number of ether oxygens (including phenoxy) is 2. The minimum absolute atomic E-state index is 0.111. The molecule has 5 heterocycles. The van der Waals surface area contributed by atoms with E-state index in [0.29, 0.717) is 37.4 Å². The summed E-state index contributed by atoms with van der Waals surface area (Å²) in [4.78, 5) is 39.1. The lowest BCUT2D eigenvalue weighted by Crippen LogP contribution is -2.36. The van der Waals surface area contributed by atoms with Crippen LogP contribution in [0.25, 0.3) is 21.6 Å². The van der Waals surface area contributed by atoms with Crippen LogP contribution >= 0.6 is 11.3 Å². The van der Waals surface area contributed by atoms with Gasteiger partial charge in [0.15, 0.2) is 11.6 Å². The molecule has 0 aromatic carbocycles. The number of hydroxylamine groups is 1. The minimum Gasteiger partial charge on any atom is -0.481 e. The third-order valence-corrected chi connectivity index (χ3v) is 7.03. The predicted octanol–water partition coefficient (Wildman–Crippen LogP) is 1.51. The molecule has 4 aromatic rings. The molecule has 0 aliphatic carbocycles. The van der Waals surface area contributed by atoms with Crippen LogP contribution in [-0.2, 0) is 11.3 Å². The number of methoxy groups -OCH3 is 1. The number of rotatable bonds is 9. The van der Waals surface area contributed by atoms with Gasteiger partial charge in [-0.25, -0.2) is 30.4 Å². The first-order chi connectivity index (χ1) is 18.6. The van der Waals surface area contributed by atoms with Crippen molar-refractivity contribution in [3.63, 3.8) is 0 Å². The average molecular weight is 539 g/mol. The smallest absolute Gasteiger partial charge is 0.277 e. The molecular formula is C24H26N8O5S. The second kappa shape index (κ2) is 11.6. The number of hydrogen-bond acceptors (Lipinski definition) is 13. The van der Waals surface area contributed by atoms with Gasteiger partial charge in [0.2, 0.25) is 11.8 Å². The van der Waals surface area contributed by atoms with Crippen molar-refractivity contribution in [1.29, 1.82) is 0 Å². The summed E-state index contributed by atoms with van der Waals surface area (Å²) >= 11 is 1.57. The van der Waals surface area contributed by atoms with Gasteiger partial charge in [-0.15, -0.1) is 11.3 Å². The third kappa shape index (κ3) is 5.47. The van der Waals surface area contributed by atoms with Crippen molar-refractivity contribution in [3.8, 4) is 17.3 Å². The molecule has 0 atom stereocenters. The summed E-state index contributed by atoms with van der Waals surface area (Å²) in [5.74, 6) is 1.55. The first-order valence-corrected chi connectivity index (χ1v) is 12.7. The molecule has 5 rings (SSSR count). The Bertz CT molecular complexity index is 1390. The highest BCUT2D eigenvalue weighted by Crippen LogP contribution is 2.35. The normalized spacial score (nSPS) is 13.5. The fourth-order valence-corrected chi connectivity index (χ4v) is 5.15. The van der Waals surface area contributed by atoms with Crippen LogP contribution in [0, 0.1) is 0 Å². The molecule has 0 radical (unpaired) electrons. The highest BCUT2D eigenvalue weighted by atomic mass is 32.1. The van der Waals surface area contributed by atoms with E-state index in [9.17, 15) is 9.90 Å². The summed E-state index contributed by atoms with van der Waals surface area (Å²) in [6.07, 6.45) is 4.33. The number of anilines is 2. The molecule has 3 N–H and O–H groups in total. The molecule has 1 aliphatic rings. The van der Waals surface area contributed by atoms with Gasteiger partial charge in [0.1, 0.15) is 0 Å². The van der Waals surface area contributed by atoms with Crippen LogP contribution in [0.1, 0.15) is 15.2 Å². The summed E-state index contributed by atoms with van der Waals surface area (Å²) in [5.41, 5.74) is 3.25. The Morgan fingerprint density at radius 2 is 1.97 bits per heavy atom. The van der Waals surface area contributed by atoms with E-state index < -0.39 is 5.91 Å². The molecule has 38 heavy (non-hydrogen) atoms. The first-order valence-electron chi connectivity index (χ1n) is 11.9. The summed E-state index contributed by atoms with van der Waals surface area (Å²) < 4.78 is 11.7. The van der Waals surface area contributed by atoms with Gasteiger partial charge < -0.3 is 24.4 Å². The molecule has 1 amide bonds. The summed E-state index contributed by atoms with van der Waals surface area (Å²) in [6.45, 7) is 3.26. The van der Waals surface area contributed by atoms with Crippen LogP contribution in [0.15, 0.2) is 36.8 Å². The van der Waals surface area contributed by atoms with Crippen LogP contribution in [0.4, 0.5) is 11.8 Å². The van der Waals surface area contributed by atoms with Crippen LogP contribution in [0.3, 0.4) is 0 Å². The van der Waals surface area contributed by atoms with Crippen molar-refractivity contribution in [2.24, 2.45) is 0 Å². The van der Waals surface area contributed by atoms with E-state index in [2.05, 4.69) is 19.9 Å². The van der Waals surface area contributed by atoms with Gasteiger partial charge in [0.25, 0.3) is 5.91 Å². The van der Waals surface area contributed by atoms with Crippen molar-refractivity contribution in [1.82, 2.24) is 30.4 Å². The second-order valence-corrected chi connectivity index (χ2v) is 9.48. The lowest BCUT2D eigenvalue weighted by atomic mass is 10.2. The number of fused-ring (bicyclic) bond motifs is 1. The summed E-state index contributed by atoms with van der Waals surface area (Å²) in [6, 6.07) is 5.66. The molecular weight excluding hydrogens is 512 g/mol. The Kier molecular flexibility index (Phi) is 7.83. The fourth-order valence-electron chi connectivity index (χ4n) is 4.02. The van der Waals surface area contributed by atoms with Crippen LogP contribution in [-0.4, -0.2) is 87.7 Å². The topological polar surface area (TPSA) is 159 Å². The van der Waals surface area contributed by atoms with Gasteiger partial charge in [0, 0.05) is 54.7 Å². The molecule has 14 heteroatoms. The fraction of sp³-hybridized carbons (Fsp3) is 0.333. The monoisotopic (exact) mass is 538 g/mol. The number of nitrogens with one attached hydrogen (secondary N) is 1. The zero-order chi connectivity index (χ0) is 26.5. The molecule has 1 aliphatic heterocycles. The van der Waals surface area contributed by atoms with Crippen molar-refractivity contribution in [2.75, 3.05) is 56.4 Å². The maximum atomic E-state index is 11.6. The van der Waals surface area contributed by atoms with Crippen molar-refractivity contribution < 1.29 is 24.6 Å². The molecule has 0 unspecified atom stereocenters. The standard InChI is InChI=1S/C24H26N8O5S/c1-36-19-3-2-15(11-25-19)21-28-18-10-17(38-20(18)22(29-21)31-5-8-37-9-6-31)14-32(4-7-33)24-26-12-16(13-27-24)23(34)30-35/h2-3,10-13,33,35H,4-9,14H2,1H3,(H,30,34). The molecule has 1 saturated heterocycles. The second-order valence-electron chi connectivity index (χ2n) is 8.34. The Labute approximate surface area is 221 Å². The van der Waals surface area contributed by atoms with E-state index in [1.165, 1.54) is 12.4 Å². The number of carbonyl (C=O) groups is 1. The van der Waals surface area contributed by atoms with Gasteiger partial charge in [-0.3, -0.25) is 10.0 Å². The number of aromatic nitrogens is 5. The maximum Gasteiger partial charge on any atom is 0.277 e. The quantitative estimate of drug-likeness (QED) is 0.209. The molecule has 1 fully saturated rings. The number of amides is 1. The molecule has 0 bridgehead atoms. The number of morpholine rings is 1. The lowest BCUT2D eigenvalue weighted by Gasteiger charge is -2.28. The molecule has 13 nitrogen and oxygen atoms in total. The Morgan fingerprint density at radius 3 is 2.63 bits per heavy atom. The third-order valence-electron chi connectivity index (χ3n) is 5.92. The number of aliphatic hydroxyl groups is 1. The zero-order valence-corrected chi connectivity index (χ0v) is 21.4. The largest absolute Gasteiger partial charge is 0.481 e. The SMILES string of the molecule is COc1ccc(-c2nc(N3CCOCC3)c3sc(CN(CCO)c4ncc(C(=O)NO)cn4)cc3n2)cn1. The van der Waals surface area contributed by atoms with Crippen LogP contribution in [0.2, 0.25) is 0 Å². The highest BCUT2D eigenvalue weighted by Gasteiger charge is 2.21. The van der Waals surface area contributed by atoms with E-state index in [1.54, 1.807) is 36.2 Å².